The van der Waals surface area contributed by atoms with Crippen molar-refractivity contribution in [3.8, 4) is 17.3 Å². The monoisotopic (exact) mass is 486 g/mol. The first-order valence-corrected chi connectivity index (χ1v) is 11.6. The Balaban J connectivity index is 1.58. The van der Waals surface area contributed by atoms with Gasteiger partial charge in [0.15, 0.2) is 0 Å². The minimum atomic E-state index is -0.537. The standard InChI is InChI=1S/C26H26N6O4/c1-2-36-25(34)22-17-29-26(30-20-7-9-21(10-8-20)32-13-15-35-16-14-32)31-23(22)18-3-5-19(6-4-18)24(33)28-12-11-27/h3-10,17H,2,12-16H2,1H3,(H,28,33)(H,29,30,31). The lowest BCUT2D eigenvalue weighted by molar-refractivity contribution is 0.0526. The summed E-state index contributed by atoms with van der Waals surface area (Å²) in [6, 6.07) is 16.4. The molecule has 10 heteroatoms. The molecule has 2 heterocycles. The molecule has 0 atom stereocenters. The van der Waals surface area contributed by atoms with E-state index >= 15 is 0 Å². The van der Waals surface area contributed by atoms with Crippen LogP contribution in [0.4, 0.5) is 17.3 Å². The Hall–Kier alpha value is -4.49. The summed E-state index contributed by atoms with van der Waals surface area (Å²) in [4.78, 5) is 35.8. The van der Waals surface area contributed by atoms with Crippen LogP contribution >= 0.6 is 0 Å². The molecule has 1 aliphatic heterocycles. The number of rotatable bonds is 8. The Morgan fingerprint density at radius 3 is 2.50 bits per heavy atom. The van der Waals surface area contributed by atoms with Crippen LogP contribution in [-0.2, 0) is 9.47 Å². The quantitative estimate of drug-likeness (QED) is 0.364. The van der Waals surface area contributed by atoms with Crippen molar-refractivity contribution in [1.82, 2.24) is 15.3 Å². The first kappa shape index (κ1) is 24.6. The molecule has 0 saturated carbocycles. The summed E-state index contributed by atoms with van der Waals surface area (Å²) in [5, 5.41) is 14.3. The van der Waals surface area contributed by atoms with Gasteiger partial charge in [-0.1, -0.05) is 12.1 Å². The van der Waals surface area contributed by atoms with Crippen LogP contribution in [0.3, 0.4) is 0 Å². The maximum absolute atomic E-state index is 12.6. The van der Waals surface area contributed by atoms with Gasteiger partial charge in [0.1, 0.15) is 12.1 Å². The highest BCUT2D eigenvalue weighted by Gasteiger charge is 2.18. The normalized spacial score (nSPS) is 12.9. The molecule has 0 bridgehead atoms. The lowest BCUT2D eigenvalue weighted by Crippen LogP contribution is -2.36. The van der Waals surface area contributed by atoms with Gasteiger partial charge < -0.3 is 25.0 Å². The number of hydrogen-bond donors (Lipinski definition) is 2. The number of ether oxygens (including phenoxy) is 2. The fraction of sp³-hybridized carbons (Fsp3) is 0.269. The van der Waals surface area contributed by atoms with Crippen molar-refractivity contribution in [3.63, 3.8) is 0 Å². The molecule has 2 aromatic carbocycles. The third-order valence-electron chi connectivity index (χ3n) is 5.53. The Morgan fingerprint density at radius 1 is 1.11 bits per heavy atom. The third kappa shape index (κ3) is 5.95. The van der Waals surface area contributed by atoms with E-state index in [0.717, 1.165) is 37.7 Å². The van der Waals surface area contributed by atoms with Crippen LogP contribution in [0.15, 0.2) is 54.7 Å². The summed E-state index contributed by atoms with van der Waals surface area (Å²) in [6.07, 6.45) is 1.43. The molecule has 0 radical (unpaired) electrons. The van der Waals surface area contributed by atoms with Crippen LogP contribution in [0.1, 0.15) is 27.6 Å². The van der Waals surface area contributed by atoms with Crippen molar-refractivity contribution >= 4 is 29.2 Å². The average Bonchev–Trinajstić information content (AvgIpc) is 2.93. The van der Waals surface area contributed by atoms with Crippen molar-refractivity contribution in [2.24, 2.45) is 0 Å². The molecular weight excluding hydrogens is 460 g/mol. The van der Waals surface area contributed by atoms with Gasteiger partial charge in [-0.15, -0.1) is 0 Å². The Morgan fingerprint density at radius 2 is 1.83 bits per heavy atom. The highest BCUT2D eigenvalue weighted by atomic mass is 16.5. The fourth-order valence-electron chi connectivity index (χ4n) is 3.73. The molecule has 1 aromatic heterocycles. The van der Waals surface area contributed by atoms with E-state index in [-0.39, 0.29) is 24.6 Å². The minimum Gasteiger partial charge on any atom is -0.462 e. The van der Waals surface area contributed by atoms with Gasteiger partial charge >= 0.3 is 5.97 Å². The molecule has 4 rings (SSSR count). The zero-order valence-electron chi connectivity index (χ0n) is 19.9. The molecule has 2 N–H and O–H groups in total. The second-order valence-electron chi connectivity index (χ2n) is 7.87. The second kappa shape index (κ2) is 11.8. The van der Waals surface area contributed by atoms with E-state index in [1.54, 1.807) is 31.2 Å². The Bertz CT molecular complexity index is 1250. The largest absolute Gasteiger partial charge is 0.462 e. The summed E-state index contributed by atoms with van der Waals surface area (Å²) in [6.45, 7) is 5.00. The minimum absolute atomic E-state index is 0.0814. The second-order valence-corrected chi connectivity index (χ2v) is 7.87. The van der Waals surface area contributed by atoms with E-state index in [1.807, 2.05) is 30.3 Å². The van der Waals surface area contributed by atoms with Crippen LogP contribution in [-0.4, -0.2) is 61.3 Å². The summed E-state index contributed by atoms with van der Waals surface area (Å²) in [5.41, 5.74) is 3.50. The van der Waals surface area contributed by atoms with Crippen molar-refractivity contribution in [3.05, 3.63) is 65.9 Å². The predicted molar refractivity (Wildman–Crippen MR) is 134 cm³/mol. The van der Waals surface area contributed by atoms with E-state index in [2.05, 4.69) is 25.5 Å². The molecule has 1 aliphatic rings. The van der Waals surface area contributed by atoms with Gasteiger partial charge in [-0.05, 0) is 43.3 Å². The van der Waals surface area contributed by atoms with Crippen LogP contribution in [0, 0.1) is 11.3 Å². The number of nitrogens with zero attached hydrogens (tertiary/aromatic N) is 4. The number of nitrogens with one attached hydrogen (secondary N) is 2. The Labute approximate surface area is 208 Å². The van der Waals surface area contributed by atoms with Crippen molar-refractivity contribution in [1.29, 1.82) is 5.26 Å². The van der Waals surface area contributed by atoms with Gasteiger partial charge in [0, 0.05) is 41.8 Å². The number of esters is 1. The van der Waals surface area contributed by atoms with Crippen LogP contribution < -0.4 is 15.5 Å². The fourth-order valence-corrected chi connectivity index (χ4v) is 3.73. The molecule has 0 spiro atoms. The van der Waals surface area contributed by atoms with Gasteiger partial charge in [-0.25, -0.2) is 14.8 Å². The highest BCUT2D eigenvalue weighted by molar-refractivity contribution is 5.97. The third-order valence-corrected chi connectivity index (χ3v) is 5.53. The SMILES string of the molecule is CCOC(=O)c1cnc(Nc2ccc(N3CCOCC3)cc2)nc1-c1ccc(C(=O)NCC#N)cc1. The lowest BCUT2D eigenvalue weighted by Gasteiger charge is -2.28. The number of carbonyl (C=O) groups excluding carboxylic acids is 2. The first-order valence-electron chi connectivity index (χ1n) is 11.6. The molecule has 1 fully saturated rings. The van der Waals surface area contributed by atoms with Crippen LogP contribution in [0.5, 0.6) is 0 Å². The van der Waals surface area contributed by atoms with Crippen molar-refractivity contribution in [2.45, 2.75) is 6.92 Å². The number of nitriles is 1. The highest BCUT2D eigenvalue weighted by Crippen LogP contribution is 2.26. The maximum atomic E-state index is 12.6. The van der Waals surface area contributed by atoms with Gasteiger partial charge in [0.2, 0.25) is 5.95 Å². The molecular formula is C26H26N6O4. The molecule has 1 amide bonds. The summed E-state index contributed by atoms with van der Waals surface area (Å²) in [7, 11) is 0. The summed E-state index contributed by atoms with van der Waals surface area (Å²) in [5.74, 6) is -0.586. The maximum Gasteiger partial charge on any atom is 0.341 e. The average molecular weight is 487 g/mol. The number of carbonyl (C=O) groups is 2. The number of aromatic nitrogens is 2. The molecule has 10 nitrogen and oxygen atoms in total. The lowest BCUT2D eigenvalue weighted by atomic mass is 10.0. The van der Waals surface area contributed by atoms with E-state index in [4.69, 9.17) is 14.7 Å². The molecule has 1 saturated heterocycles. The van der Waals surface area contributed by atoms with E-state index in [1.165, 1.54) is 6.20 Å². The first-order chi connectivity index (χ1) is 17.6. The zero-order valence-corrected chi connectivity index (χ0v) is 19.9. The molecule has 184 valence electrons. The van der Waals surface area contributed by atoms with Gasteiger partial charge in [0.05, 0.1) is 31.6 Å². The number of amides is 1. The van der Waals surface area contributed by atoms with Crippen LogP contribution in [0.2, 0.25) is 0 Å². The smallest absolute Gasteiger partial charge is 0.341 e. The number of anilines is 3. The van der Waals surface area contributed by atoms with Crippen molar-refractivity contribution in [2.75, 3.05) is 49.7 Å². The molecule has 36 heavy (non-hydrogen) atoms. The molecule has 3 aromatic rings. The van der Waals surface area contributed by atoms with Gasteiger partial charge in [0.25, 0.3) is 5.91 Å². The van der Waals surface area contributed by atoms with Crippen molar-refractivity contribution < 1.29 is 19.1 Å². The summed E-state index contributed by atoms with van der Waals surface area (Å²) < 4.78 is 10.6. The number of benzene rings is 2. The zero-order chi connectivity index (χ0) is 25.3. The summed E-state index contributed by atoms with van der Waals surface area (Å²) >= 11 is 0. The number of hydrogen-bond acceptors (Lipinski definition) is 9. The topological polar surface area (TPSA) is 129 Å². The number of morpholine rings is 1. The Kier molecular flexibility index (Phi) is 8.05. The molecule has 0 aliphatic carbocycles. The van der Waals surface area contributed by atoms with Gasteiger partial charge in [-0.2, -0.15) is 5.26 Å². The predicted octanol–water partition coefficient (Wildman–Crippen LogP) is 3.15. The van der Waals surface area contributed by atoms with E-state index in [0.29, 0.717) is 22.8 Å². The molecule has 0 unspecified atom stereocenters. The van der Waals surface area contributed by atoms with E-state index in [9.17, 15) is 9.59 Å². The van der Waals surface area contributed by atoms with Crippen LogP contribution in [0.25, 0.3) is 11.3 Å². The van der Waals surface area contributed by atoms with Gasteiger partial charge in [-0.3, -0.25) is 4.79 Å². The van der Waals surface area contributed by atoms with E-state index < -0.39 is 5.97 Å².